The molecule has 0 saturated carbocycles. The van der Waals surface area contributed by atoms with Crippen molar-refractivity contribution in [2.75, 3.05) is 26.8 Å². The van der Waals surface area contributed by atoms with Crippen LogP contribution in [-0.2, 0) is 5.41 Å². The molecule has 0 bridgehead atoms. The molecule has 0 spiro atoms. The molecule has 3 nitrogen and oxygen atoms in total. The average Bonchev–Trinajstić information content (AvgIpc) is 2.34. The Balaban J connectivity index is 2.69. The lowest BCUT2D eigenvalue weighted by Crippen LogP contribution is -2.33. The van der Waals surface area contributed by atoms with Gasteiger partial charge in [-0.15, -0.1) is 0 Å². The van der Waals surface area contributed by atoms with Crippen LogP contribution < -0.4 is 10.1 Å². The molecule has 0 heterocycles. The monoisotopic (exact) mass is 255 g/mol. The molecule has 0 amide bonds. The minimum absolute atomic E-state index is 0.164. The number of hydrogen-bond donors (Lipinski definition) is 2. The van der Waals surface area contributed by atoms with Gasteiger partial charge in [0.05, 0.1) is 7.11 Å². The van der Waals surface area contributed by atoms with Gasteiger partial charge in [-0.2, -0.15) is 0 Å². The molecule has 0 fully saturated rings. The summed E-state index contributed by atoms with van der Waals surface area (Å²) in [5, 5.41) is 12.0. The lowest BCUT2D eigenvalue weighted by molar-refractivity contribution is 0.284. The van der Waals surface area contributed by atoms with Crippen molar-refractivity contribution in [1.82, 2.24) is 5.32 Å². The molecule has 1 aromatic carbocycles. The van der Waals surface area contributed by atoms with E-state index >= 15 is 0 Å². The third-order valence-electron chi connectivity index (χ3n) is 3.01. The standard InChI is InChI=1S/C14H22FNO2/c1-14(2,10-16-7-4-8-17)11-5-6-13(18-3)12(15)9-11/h5-6,9,16-17H,4,7-8,10H2,1-3H3. The first-order valence-corrected chi connectivity index (χ1v) is 6.17. The van der Waals surface area contributed by atoms with E-state index in [4.69, 9.17) is 9.84 Å². The molecule has 0 aromatic heterocycles. The molecule has 102 valence electrons. The van der Waals surface area contributed by atoms with Gasteiger partial charge in [0.2, 0.25) is 0 Å². The second-order valence-electron chi connectivity index (χ2n) is 4.99. The number of rotatable bonds is 7. The van der Waals surface area contributed by atoms with Crippen molar-refractivity contribution in [3.63, 3.8) is 0 Å². The normalized spacial score (nSPS) is 11.6. The van der Waals surface area contributed by atoms with Crippen LogP contribution >= 0.6 is 0 Å². The molecule has 1 aromatic rings. The van der Waals surface area contributed by atoms with Crippen LogP contribution in [0.5, 0.6) is 5.75 Å². The van der Waals surface area contributed by atoms with E-state index in [1.807, 2.05) is 6.07 Å². The lowest BCUT2D eigenvalue weighted by Gasteiger charge is -2.26. The molecule has 0 saturated heterocycles. The van der Waals surface area contributed by atoms with Crippen LogP contribution in [0.25, 0.3) is 0 Å². The summed E-state index contributed by atoms with van der Waals surface area (Å²) in [6.07, 6.45) is 0.729. The van der Waals surface area contributed by atoms with Crippen LogP contribution in [0.1, 0.15) is 25.8 Å². The Morgan fingerprint density at radius 1 is 1.39 bits per heavy atom. The highest BCUT2D eigenvalue weighted by Gasteiger charge is 2.21. The van der Waals surface area contributed by atoms with Crippen LogP contribution in [0.3, 0.4) is 0 Å². The van der Waals surface area contributed by atoms with Gasteiger partial charge >= 0.3 is 0 Å². The highest BCUT2D eigenvalue weighted by molar-refractivity contribution is 5.33. The van der Waals surface area contributed by atoms with E-state index in [0.717, 1.165) is 25.1 Å². The molecule has 2 N–H and O–H groups in total. The van der Waals surface area contributed by atoms with Gasteiger partial charge in [-0.3, -0.25) is 0 Å². The Hall–Kier alpha value is -1.13. The summed E-state index contributed by atoms with van der Waals surface area (Å²) in [5.41, 5.74) is 0.764. The van der Waals surface area contributed by atoms with Crippen LogP contribution in [0.15, 0.2) is 18.2 Å². The van der Waals surface area contributed by atoms with E-state index in [1.54, 1.807) is 6.07 Å². The number of halogens is 1. The van der Waals surface area contributed by atoms with Gasteiger partial charge in [0.1, 0.15) is 0 Å². The molecular weight excluding hydrogens is 233 g/mol. The molecule has 0 aliphatic rings. The summed E-state index contributed by atoms with van der Waals surface area (Å²) in [5.74, 6) is -0.0683. The van der Waals surface area contributed by atoms with Gasteiger partial charge in [0.25, 0.3) is 0 Å². The van der Waals surface area contributed by atoms with Gasteiger partial charge in [-0.25, -0.2) is 4.39 Å². The first-order valence-electron chi connectivity index (χ1n) is 6.17. The predicted molar refractivity (Wildman–Crippen MR) is 70.6 cm³/mol. The topological polar surface area (TPSA) is 41.5 Å². The van der Waals surface area contributed by atoms with Crippen molar-refractivity contribution >= 4 is 0 Å². The lowest BCUT2D eigenvalue weighted by atomic mass is 9.84. The van der Waals surface area contributed by atoms with Crippen molar-refractivity contribution in [3.05, 3.63) is 29.6 Å². The zero-order valence-corrected chi connectivity index (χ0v) is 11.3. The van der Waals surface area contributed by atoms with Crippen LogP contribution in [0, 0.1) is 5.82 Å². The molecule has 0 atom stereocenters. The van der Waals surface area contributed by atoms with E-state index < -0.39 is 0 Å². The molecule has 4 heteroatoms. The first-order chi connectivity index (χ1) is 8.51. The fourth-order valence-electron chi connectivity index (χ4n) is 1.79. The fraction of sp³-hybridized carbons (Fsp3) is 0.571. The number of aliphatic hydroxyl groups excluding tert-OH is 1. The molecule has 0 unspecified atom stereocenters. The van der Waals surface area contributed by atoms with Crippen molar-refractivity contribution in [2.45, 2.75) is 25.7 Å². The number of benzene rings is 1. The van der Waals surface area contributed by atoms with Crippen molar-refractivity contribution in [2.24, 2.45) is 0 Å². The zero-order valence-electron chi connectivity index (χ0n) is 11.3. The Morgan fingerprint density at radius 3 is 2.67 bits per heavy atom. The number of aliphatic hydroxyl groups is 1. The molecule has 1 rings (SSSR count). The summed E-state index contributed by atoms with van der Waals surface area (Å²) in [6, 6.07) is 5.06. The van der Waals surface area contributed by atoms with Crippen molar-refractivity contribution < 1.29 is 14.2 Å². The summed E-state index contributed by atoms with van der Waals surface area (Å²) in [6.45, 7) is 5.79. The minimum atomic E-state index is -0.335. The first kappa shape index (κ1) is 14.9. The average molecular weight is 255 g/mol. The van der Waals surface area contributed by atoms with Crippen LogP contribution in [0.4, 0.5) is 4.39 Å². The highest BCUT2D eigenvalue weighted by Crippen LogP contribution is 2.26. The van der Waals surface area contributed by atoms with Crippen LogP contribution in [-0.4, -0.2) is 31.9 Å². The van der Waals surface area contributed by atoms with Gasteiger partial charge < -0.3 is 15.2 Å². The molecule has 0 aliphatic heterocycles. The summed E-state index contributed by atoms with van der Waals surface area (Å²) in [7, 11) is 1.46. The number of ether oxygens (including phenoxy) is 1. The Morgan fingerprint density at radius 2 is 2.11 bits per heavy atom. The van der Waals surface area contributed by atoms with E-state index in [2.05, 4.69) is 19.2 Å². The third-order valence-corrected chi connectivity index (χ3v) is 3.01. The minimum Gasteiger partial charge on any atom is -0.494 e. The smallest absolute Gasteiger partial charge is 0.165 e. The summed E-state index contributed by atoms with van der Waals surface area (Å²) < 4.78 is 18.6. The fourth-order valence-corrected chi connectivity index (χ4v) is 1.79. The van der Waals surface area contributed by atoms with Gasteiger partial charge in [-0.1, -0.05) is 19.9 Å². The van der Waals surface area contributed by atoms with E-state index in [-0.39, 0.29) is 23.6 Å². The van der Waals surface area contributed by atoms with E-state index in [1.165, 1.54) is 13.2 Å². The maximum Gasteiger partial charge on any atom is 0.165 e. The maximum absolute atomic E-state index is 13.6. The second-order valence-corrected chi connectivity index (χ2v) is 4.99. The molecular formula is C14H22FNO2. The van der Waals surface area contributed by atoms with E-state index in [0.29, 0.717) is 0 Å². The predicted octanol–water partition coefficient (Wildman–Crippen LogP) is 2.08. The highest BCUT2D eigenvalue weighted by atomic mass is 19.1. The zero-order chi connectivity index (χ0) is 13.6. The Bertz CT molecular complexity index is 380. The largest absolute Gasteiger partial charge is 0.494 e. The maximum atomic E-state index is 13.6. The van der Waals surface area contributed by atoms with Gasteiger partial charge in [-0.05, 0) is 30.7 Å². The molecule has 0 radical (unpaired) electrons. The van der Waals surface area contributed by atoms with Gasteiger partial charge in [0.15, 0.2) is 11.6 Å². The van der Waals surface area contributed by atoms with Crippen LogP contribution in [0.2, 0.25) is 0 Å². The quantitative estimate of drug-likeness (QED) is 0.733. The number of nitrogens with one attached hydrogen (secondary N) is 1. The second kappa shape index (κ2) is 6.71. The summed E-state index contributed by atoms with van der Waals surface area (Å²) >= 11 is 0. The number of methoxy groups -OCH3 is 1. The Labute approximate surface area is 108 Å². The SMILES string of the molecule is COc1ccc(C(C)(C)CNCCCO)cc1F. The Kier molecular flexibility index (Phi) is 5.56. The molecule has 0 aliphatic carbocycles. The van der Waals surface area contributed by atoms with Gasteiger partial charge in [0, 0.05) is 18.6 Å². The summed E-state index contributed by atoms with van der Waals surface area (Å²) in [4.78, 5) is 0. The van der Waals surface area contributed by atoms with E-state index in [9.17, 15) is 4.39 Å². The number of hydrogen-bond acceptors (Lipinski definition) is 3. The van der Waals surface area contributed by atoms with Crippen molar-refractivity contribution in [1.29, 1.82) is 0 Å². The van der Waals surface area contributed by atoms with Crippen molar-refractivity contribution in [3.8, 4) is 5.75 Å². The third kappa shape index (κ3) is 3.96. The molecule has 18 heavy (non-hydrogen) atoms.